The zero-order valence-electron chi connectivity index (χ0n) is 16.4. The van der Waals surface area contributed by atoms with Crippen molar-refractivity contribution in [1.82, 2.24) is 14.9 Å². The Bertz CT molecular complexity index is 851. The largest absolute Gasteiger partial charge is 0.497 e. The van der Waals surface area contributed by atoms with Crippen LogP contribution < -0.4 is 10.5 Å². The molecule has 28 heavy (non-hydrogen) atoms. The highest BCUT2D eigenvalue weighted by molar-refractivity contribution is 5.93. The SMILES string of the molecule is COc1ccc(CCC(=O)N2CCCC(c3ncc(C(N)=O)c(C)n3)C2)cc1. The summed E-state index contributed by atoms with van der Waals surface area (Å²) in [6.07, 6.45) is 4.51. The Labute approximate surface area is 164 Å². The summed E-state index contributed by atoms with van der Waals surface area (Å²) in [4.78, 5) is 34.7. The average Bonchev–Trinajstić information content (AvgIpc) is 2.72. The van der Waals surface area contributed by atoms with Crippen LogP contribution in [0.25, 0.3) is 0 Å². The molecular formula is C21H26N4O3. The van der Waals surface area contributed by atoms with Crippen molar-refractivity contribution in [2.24, 2.45) is 5.73 Å². The number of rotatable bonds is 6. The van der Waals surface area contributed by atoms with Gasteiger partial charge >= 0.3 is 0 Å². The van der Waals surface area contributed by atoms with Gasteiger partial charge in [0.05, 0.1) is 18.4 Å². The van der Waals surface area contributed by atoms with Gasteiger partial charge in [-0.05, 0) is 43.9 Å². The van der Waals surface area contributed by atoms with Gasteiger partial charge in [0.15, 0.2) is 0 Å². The lowest BCUT2D eigenvalue weighted by Gasteiger charge is -2.32. The maximum atomic E-state index is 12.7. The summed E-state index contributed by atoms with van der Waals surface area (Å²) in [6.45, 7) is 3.12. The van der Waals surface area contributed by atoms with E-state index in [-0.39, 0.29) is 11.8 Å². The van der Waals surface area contributed by atoms with E-state index in [0.717, 1.165) is 30.7 Å². The second-order valence-corrected chi connectivity index (χ2v) is 7.12. The molecule has 0 radical (unpaired) electrons. The Morgan fingerprint density at radius 2 is 2.04 bits per heavy atom. The Hall–Kier alpha value is -2.96. The number of ether oxygens (including phenoxy) is 1. The summed E-state index contributed by atoms with van der Waals surface area (Å²) in [5, 5.41) is 0. The van der Waals surface area contributed by atoms with Crippen LogP contribution >= 0.6 is 0 Å². The van der Waals surface area contributed by atoms with Crippen LogP contribution in [0.4, 0.5) is 0 Å². The zero-order chi connectivity index (χ0) is 20.1. The number of nitrogens with zero attached hydrogens (tertiary/aromatic N) is 3. The number of hydrogen-bond donors (Lipinski definition) is 1. The summed E-state index contributed by atoms with van der Waals surface area (Å²) < 4.78 is 5.16. The van der Waals surface area contributed by atoms with Crippen molar-refractivity contribution in [2.75, 3.05) is 20.2 Å². The molecule has 1 unspecified atom stereocenters. The number of methoxy groups -OCH3 is 1. The van der Waals surface area contributed by atoms with E-state index in [1.807, 2.05) is 29.2 Å². The highest BCUT2D eigenvalue weighted by atomic mass is 16.5. The smallest absolute Gasteiger partial charge is 0.252 e. The molecule has 7 heteroatoms. The number of amides is 2. The molecule has 2 N–H and O–H groups in total. The quantitative estimate of drug-likeness (QED) is 0.826. The van der Waals surface area contributed by atoms with E-state index in [9.17, 15) is 9.59 Å². The number of primary amides is 1. The maximum Gasteiger partial charge on any atom is 0.252 e. The summed E-state index contributed by atoms with van der Waals surface area (Å²) >= 11 is 0. The van der Waals surface area contributed by atoms with Gasteiger partial charge in [-0.3, -0.25) is 9.59 Å². The predicted molar refractivity (Wildman–Crippen MR) is 105 cm³/mol. The molecule has 1 saturated heterocycles. The summed E-state index contributed by atoms with van der Waals surface area (Å²) in [7, 11) is 1.64. The fourth-order valence-corrected chi connectivity index (χ4v) is 3.54. The number of benzene rings is 1. The predicted octanol–water partition coefficient (Wildman–Crippen LogP) is 2.23. The third kappa shape index (κ3) is 4.65. The van der Waals surface area contributed by atoms with Gasteiger partial charge in [0.25, 0.3) is 5.91 Å². The van der Waals surface area contributed by atoms with E-state index in [2.05, 4.69) is 9.97 Å². The van der Waals surface area contributed by atoms with Crippen LogP contribution in [0.15, 0.2) is 30.5 Å². The normalized spacial score (nSPS) is 16.6. The lowest BCUT2D eigenvalue weighted by Crippen LogP contribution is -2.39. The molecule has 1 aliphatic heterocycles. The molecule has 1 aromatic heterocycles. The van der Waals surface area contributed by atoms with Gasteiger partial charge in [0.1, 0.15) is 11.6 Å². The van der Waals surface area contributed by atoms with Gasteiger partial charge in [0.2, 0.25) is 5.91 Å². The molecule has 1 aromatic carbocycles. The van der Waals surface area contributed by atoms with Gasteiger partial charge in [-0.1, -0.05) is 12.1 Å². The number of nitrogens with two attached hydrogens (primary N) is 1. The lowest BCUT2D eigenvalue weighted by atomic mass is 9.96. The summed E-state index contributed by atoms with van der Waals surface area (Å²) in [6, 6.07) is 7.79. The molecule has 7 nitrogen and oxygen atoms in total. The minimum atomic E-state index is -0.525. The van der Waals surface area contributed by atoms with Crippen LogP contribution in [0.3, 0.4) is 0 Å². The molecule has 2 heterocycles. The summed E-state index contributed by atoms with van der Waals surface area (Å²) in [5.41, 5.74) is 7.36. The Balaban J connectivity index is 1.60. The Morgan fingerprint density at radius 1 is 1.29 bits per heavy atom. The van der Waals surface area contributed by atoms with Crippen molar-refractivity contribution in [3.63, 3.8) is 0 Å². The fraction of sp³-hybridized carbons (Fsp3) is 0.429. The van der Waals surface area contributed by atoms with Gasteiger partial charge in [-0.25, -0.2) is 9.97 Å². The molecule has 1 fully saturated rings. The van der Waals surface area contributed by atoms with E-state index in [4.69, 9.17) is 10.5 Å². The average molecular weight is 382 g/mol. The van der Waals surface area contributed by atoms with Crippen LogP contribution in [-0.4, -0.2) is 46.9 Å². The molecule has 3 rings (SSSR count). The minimum Gasteiger partial charge on any atom is -0.497 e. The van der Waals surface area contributed by atoms with Crippen LogP contribution in [0.1, 0.15) is 52.6 Å². The van der Waals surface area contributed by atoms with E-state index in [0.29, 0.717) is 36.5 Å². The van der Waals surface area contributed by atoms with Crippen molar-refractivity contribution in [1.29, 1.82) is 0 Å². The number of piperidine rings is 1. The first-order valence-corrected chi connectivity index (χ1v) is 9.52. The number of aromatic nitrogens is 2. The topological polar surface area (TPSA) is 98.4 Å². The van der Waals surface area contributed by atoms with E-state index in [1.54, 1.807) is 14.0 Å². The fourth-order valence-electron chi connectivity index (χ4n) is 3.54. The van der Waals surface area contributed by atoms with Crippen molar-refractivity contribution >= 4 is 11.8 Å². The molecule has 1 aliphatic rings. The zero-order valence-corrected chi connectivity index (χ0v) is 16.4. The van der Waals surface area contributed by atoms with E-state index >= 15 is 0 Å². The van der Waals surface area contributed by atoms with Crippen LogP contribution in [0.5, 0.6) is 5.75 Å². The first kappa shape index (κ1) is 19.8. The number of carbonyl (C=O) groups excluding carboxylic acids is 2. The number of likely N-dealkylation sites (tertiary alicyclic amines) is 1. The van der Waals surface area contributed by atoms with Gasteiger partial charge in [-0.2, -0.15) is 0 Å². The molecule has 2 amide bonds. The molecular weight excluding hydrogens is 356 g/mol. The molecule has 0 aliphatic carbocycles. The maximum absolute atomic E-state index is 12.7. The van der Waals surface area contributed by atoms with Crippen molar-refractivity contribution in [3.05, 3.63) is 53.1 Å². The third-order valence-electron chi connectivity index (χ3n) is 5.19. The molecule has 2 aromatic rings. The van der Waals surface area contributed by atoms with Crippen LogP contribution in [-0.2, 0) is 11.2 Å². The van der Waals surface area contributed by atoms with Crippen molar-refractivity contribution < 1.29 is 14.3 Å². The number of hydrogen-bond acceptors (Lipinski definition) is 5. The highest BCUT2D eigenvalue weighted by Crippen LogP contribution is 2.25. The molecule has 1 atom stereocenters. The van der Waals surface area contributed by atoms with Gasteiger partial charge in [-0.15, -0.1) is 0 Å². The monoisotopic (exact) mass is 382 g/mol. The Kier molecular flexibility index (Phi) is 6.23. The summed E-state index contributed by atoms with van der Waals surface area (Å²) in [5.74, 6) is 1.19. The molecule has 0 spiro atoms. The molecule has 0 bridgehead atoms. The Morgan fingerprint density at radius 3 is 2.68 bits per heavy atom. The van der Waals surface area contributed by atoms with Crippen LogP contribution in [0.2, 0.25) is 0 Å². The van der Waals surface area contributed by atoms with Crippen LogP contribution in [0, 0.1) is 6.92 Å². The standard InChI is InChI=1S/C21H26N4O3/c1-14-18(20(22)27)12-23-21(24-14)16-4-3-11-25(13-16)19(26)10-7-15-5-8-17(28-2)9-6-15/h5-6,8-9,12,16H,3-4,7,10-11,13H2,1-2H3,(H2,22,27). The first-order chi connectivity index (χ1) is 13.5. The molecule has 0 saturated carbocycles. The van der Waals surface area contributed by atoms with E-state index in [1.165, 1.54) is 6.20 Å². The second-order valence-electron chi connectivity index (χ2n) is 7.12. The highest BCUT2D eigenvalue weighted by Gasteiger charge is 2.26. The minimum absolute atomic E-state index is 0.0827. The van der Waals surface area contributed by atoms with Gasteiger partial charge in [0, 0.05) is 31.6 Å². The number of carbonyl (C=O) groups is 2. The van der Waals surface area contributed by atoms with Gasteiger partial charge < -0.3 is 15.4 Å². The van der Waals surface area contributed by atoms with Crippen molar-refractivity contribution in [3.8, 4) is 5.75 Å². The van der Waals surface area contributed by atoms with Crippen molar-refractivity contribution in [2.45, 2.75) is 38.5 Å². The first-order valence-electron chi connectivity index (χ1n) is 9.52. The number of aryl methyl sites for hydroxylation is 2. The molecule has 148 valence electrons. The second kappa shape index (κ2) is 8.82. The lowest BCUT2D eigenvalue weighted by molar-refractivity contribution is -0.132. The van der Waals surface area contributed by atoms with E-state index < -0.39 is 5.91 Å². The third-order valence-corrected chi connectivity index (χ3v) is 5.19.